The average molecular weight is 347 g/mol. The van der Waals surface area contributed by atoms with Gasteiger partial charge in [0.2, 0.25) is 0 Å². The molecule has 1 aromatic carbocycles. The highest BCUT2D eigenvalue weighted by Gasteiger charge is 2.27. The lowest BCUT2D eigenvalue weighted by Gasteiger charge is -2.27. The van der Waals surface area contributed by atoms with Gasteiger partial charge in [0.05, 0.1) is 12.2 Å². The van der Waals surface area contributed by atoms with E-state index in [-0.39, 0.29) is 12.4 Å². The molecule has 1 saturated heterocycles. The average Bonchev–Trinajstić information content (AvgIpc) is 3.13. The van der Waals surface area contributed by atoms with Crippen LogP contribution in [0.4, 0.5) is 4.39 Å². The van der Waals surface area contributed by atoms with E-state index in [1.807, 2.05) is 6.92 Å². The molecule has 25 heavy (non-hydrogen) atoms. The minimum absolute atomic E-state index is 0.203. The van der Waals surface area contributed by atoms with Crippen LogP contribution in [0.1, 0.15) is 24.2 Å². The second kappa shape index (κ2) is 7.97. The Kier molecular flexibility index (Phi) is 5.71. The molecule has 6 heteroatoms. The molecular weight excluding hydrogens is 321 g/mol. The predicted octanol–water partition coefficient (Wildman–Crippen LogP) is 2.54. The van der Waals surface area contributed by atoms with Gasteiger partial charge in [-0.3, -0.25) is 9.58 Å². The molecular formula is C19H26FN3O2. The summed E-state index contributed by atoms with van der Waals surface area (Å²) in [7, 11) is 0. The summed E-state index contributed by atoms with van der Waals surface area (Å²) in [6, 6.07) is 8.33. The largest absolute Gasteiger partial charge is 0.491 e. The second-order valence-electron chi connectivity index (χ2n) is 6.82. The molecule has 0 saturated carbocycles. The number of benzene rings is 1. The van der Waals surface area contributed by atoms with Crippen molar-refractivity contribution in [2.24, 2.45) is 0 Å². The fraction of sp³-hybridized carbons (Fsp3) is 0.526. The van der Waals surface area contributed by atoms with Crippen molar-refractivity contribution in [3.63, 3.8) is 0 Å². The fourth-order valence-corrected chi connectivity index (χ4v) is 3.45. The molecule has 5 nitrogen and oxygen atoms in total. The highest BCUT2D eigenvalue weighted by molar-refractivity contribution is 5.22. The van der Waals surface area contributed by atoms with Crippen LogP contribution < -0.4 is 4.74 Å². The van der Waals surface area contributed by atoms with Gasteiger partial charge in [0.15, 0.2) is 0 Å². The number of aromatic nitrogens is 2. The first-order valence-corrected chi connectivity index (χ1v) is 8.83. The molecule has 2 heterocycles. The summed E-state index contributed by atoms with van der Waals surface area (Å²) in [6.07, 6.45) is 1.67. The standard InChI is InChI=1S/C19H26FN3O2/c1-14-10-15(2)23(21-14)11-17-4-3-9-22(17)12-18(24)13-25-19-7-5-16(20)6-8-19/h5-8,10,17-18,24H,3-4,9,11-13H2,1-2H3. The van der Waals surface area contributed by atoms with Crippen molar-refractivity contribution in [1.82, 2.24) is 14.7 Å². The number of rotatable bonds is 7. The first-order chi connectivity index (χ1) is 12.0. The summed E-state index contributed by atoms with van der Waals surface area (Å²) in [5, 5.41) is 14.8. The SMILES string of the molecule is Cc1cc(C)n(CC2CCCN2CC(O)COc2ccc(F)cc2)n1. The number of aryl methyl sites for hydroxylation is 2. The number of aliphatic hydroxyl groups is 1. The van der Waals surface area contributed by atoms with Crippen LogP contribution in [-0.2, 0) is 6.54 Å². The summed E-state index contributed by atoms with van der Waals surface area (Å²) < 4.78 is 20.5. The highest BCUT2D eigenvalue weighted by atomic mass is 19.1. The van der Waals surface area contributed by atoms with Gasteiger partial charge >= 0.3 is 0 Å². The van der Waals surface area contributed by atoms with Gasteiger partial charge in [-0.05, 0) is 63.6 Å². The van der Waals surface area contributed by atoms with Crippen molar-refractivity contribution in [3.8, 4) is 5.75 Å². The topological polar surface area (TPSA) is 50.5 Å². The zero-order valence-electron chi connectivity index (χ0n) is 14.9. The molecule has 0 spiro atoms. The van der Waals surface area contributed by atoms with E-state index < -0.39 is 6.10 Å². The van der Waals surface area contributed by atoms with E-state index in [0.29, 0.717) is 18.3 Å². The molecule has 0 radical (unpaired) electrons. The molecule has 1 fully saturated rings. The van der Waals surface area contributed by atoms with Crippen molar-refractivity contribution in [2.75, 3.05) is 19.7 Å². The molecule has 0 aliphatic carbocycles. The smallest absolute Gasteiger partial charge is 0.123 e. The van der Waals surface area contributed by atoms with Crippen LogP contribution in [0.25, 0.3) is 0 Å². The number of ether oxygens (including phenoxy) is 1. The Morgan fingerprint density at radius 3 is 2.76 bits per heavy atom. The first-order valence-electron chi connectivity index (χ1n) is 8.83. The Bertz CT molecular complexity index is 686. The number of nitrogens with zero attached hydrogens (tertiary/aromatic N) is 3. The van der Waals surface area contributed by atoms with E-state index >= 15 is 0 Å². The van der Waals surface area contributed by atoms with Crippen LogP contribution in [0.15, 0.2) is 30.3 Å². The Morgan fingerprint density at radius 2 is 2.08 bits per heavy atom. The summed E-state index contributed by atoms with van der Waals surface area (Å²) in [5.74, 6) is 0.276. The van der Waals surface area contributed by atoms with Crippen LogP contribution in [0.3, 0.4) is 0 Å². The Morgan fingerprint density at radius 1 is 1.32 bits per heavy atom. The molecule has 0 amide bonds. The summed E-state index contributed by atoms with van der Waals surface area (Å²) in [5.41, 5.74) is 2.21. The number of halogens is 1. The van der Waals surface area contributed by atoms with Gasteiger partial charge in [-0.15, -0.1) is 0 Å². The van der Waals surface area contributed by atoms with Gasteiger partial charge in [-0.1, -0.05) is 0 Å². The van der Waals surface area contributed by atoms with Gasteiger partial charge < -0.3 is 9.84 Å². The lowest BCUT2D eigenvalue weighted by atomic mass is 10.2. The predicted molar refractivity (Wildman–Crippen MR) is 94.2 cm³/mol. The molecule has 2 aromatic rings. The lowest BCUT2D eigenvalue weighted by molar-refractivity contribution is 0.0608. The molecule has 136 valence electrons. The summed E-state index contributed by atoms with van der Waals surface area (Å²) in [4.78, 5) is 2.31. The Balaban J connectivity index is 1.50. The maximum Gasteiger partial charge on any atom is 0.123 e. The molecule has 1 aromatic heterocycles. The van der Waals surface area contributed by atoms with Gasteiger partial charge in [0.25, 0.3) is 0 Å². The second-order valence-corrected chi connectivity index (χ2v) is 6.82. The van der Waals surface area contributed by atoms with Crippen LogP contribution in [0, 0.1) is 19.7 Å². The van der Waals surface area contributed by atoms with Crippen molar-refractivity contribution in [3.05, 3.63) is 47.5 Å². The van der Waals surface area contributed by atoms with E-state index in [4.69, 9.17) is 4.74 Å². The zero-order valence-corrected chi connectivity index (χ0v) is 14.9. The third kappa shape index (κ3) is 4.80. The number of likely N-dealkylation sites (tertiary alicyclic amines) is 1. The molecule has 1 N–H and O–H groups in total. The Labute approximate surface area is 148 Å². The van der Waals surface area contributed by atoms with E-state index in [1.165, 1.54) is 17.8 Å². The Hall–Kier alpha value is -1.92. The van der Waals surface area contributed by atoms with Crippen LogP contribution in [0.2, 0.25) is 0 Å². The van der Waals surface area contributed by atoms with Crippen molar-refractivity contribution in [1.29, 1.82) is 0 Å². The minimum Gasteiger partial charge on any atom is -0.491 e. The molecule has 1 aliphatic heterocycles. The zero-order chi connectivity index (χ0) is 17.8. The molecule has 3 rings (SSSR count). The van der Waals surface area contributed by atoms with Crippen LogP contribution >= 0.6 is 0 Å². The van der Waals surface area contributed by atoms with E-state index in [9.17, 15) is 9.50 Å². The summed E-state index contributed by atoms with van der Waals surface area (Å²) >= 11 is 0. The third-order valence-electron chi connectivity index (χ3n) is 4.69. The van der Waals surface area contributed by atoms with Crippen LogP contribution in [-0.4, -0.2) is 51.6 Å². The number of aliphatic hydroxyl groups excluding tert-OH is 1. The van der Waals surface area contributed by atoms with Crippen molar-refractivity contribution >= 4 is 0 Å². The maximum atomic E-state index is 12.9. The minimum atomic E-state index is -0.578. The molecule has 2 atom stereocenters. The van der Waals surface area contributed by atoms with Crippen molar-refractivity contribution < 1.29 is 14.2 Å². The molecule has 2 unspecified atom stereocenters. The molecule has 1 aliphatic rings. The lowest BCUT2D eigenvalue weighted by Crippen LogP contribution is -2.40. The summed E-state index contributed by atoms with van der Waals surface area (Å²) in [6.45, 7) is 6.69. The van der Waals surface area contributed by atoms with Gasteiger partial charge in [-0.2, -0.15) is 5.10 Å². The third-order valence-corrected chi connectivity index (χ3v) is 4.69. The van der Waals surface area contributed by atoms with Crippen molar-refractivity contribution in [2.45, 2.75) is 45.4 Å². The van der Waals surface area contributed by atoms with Gasteiger partial charge in [-0.25, -0.2) is 4.39 Å². The van der Waals surface area contributed by atoms with E-state index in [2.05, 4.69) is 27.7 Å². The van der Waals surface area contributed by atoms with E-state index in [0.717, 1.165) is 31.6 Å². The fourth-order valence-electron chi connectivity index (χ4n) is 3.45. The van der Waals surface area contributed by atoms with Gasteiger partial charge in [0.1, 0.15) is 24.3 Å². The maximum absolute atomic E-state index is 12.9. The van der Waals surface area contributed by atoms with Crippen LogP contribution in [0.5, 0.6) is 5.75 Å². The van der Waals surface area contributed by atoms with E-state index in [1.54, 1.807) is 12.1 Å². The number of hydrogen-bond donors (Lipinski definition) is 1. The van der Waals surface area contributed by atoms with Gasteiger partial charge in [0, 0.05) is 18.3 Å². The highest BCUT2D eigenvalue weighted by Crippen LogP contribution is 2.20. The monoisotopic (exact) mass is 347 g/mol. The normalized spacial score (nSPS) is 19.3. The number of β-amino-alcohol motifs (C(OH)–C–C–N with tert-alkyl or cyclic N) is 1. The molecule has 0 bridgehead atoms. The number of hydrogen-bond acceptors (Lipinski definition) is 4. The quantitative estimate of drug-likeness (QED) is 0.836. The first kappa shape index (κ1) is 17.9.